The summed E-state index contributed by atoms with van der Waals surface area (Å²) in [7, 11) is 1.83. The van der Waals surface area contributed by atoms with Crippen molar-refractivity contribution in [2.45, 2.75) is 12.1 Å². The number of aliphatic hydroxyl groups excluding tert-OH is 1. The number of hydrogen-bond acceptors (Lipinski definition) is 4. The SMILES string of the molecule is CNC(c1ccc2nc[nH]c2c1)C(N)CO. The molecule has 5 heteroatoms. The van der Waals surface area contributed by atoms with Crippen LogP contribution in [0.1, 0.15) is 11.6 Å². The van der Waals surface area contributed by atoms with E-state index in [0.717, 1.165) is 16.6 Å². The van der Waals surface area contributed by atoms with Crippen LogP contribution < -0.4 is 11.1 Å². The van der Waals surface area contributed by atoms with Crippen LogP contribution in [-0.4, -0.2) is 34.8 Å². The van der Waals surface area contributed by atoms with Gasteiger partial charge in [-0.25, -0.2) is 4.98 Å². The van der Waals surface area contributed by atoms with Gasteiger partial charge in [0.05, 0.1) is 24.0 Å². The third kappa shape index (κ3) is 1.92. The molecule has 2 unspecified atom stereocenters. The van der Waals surface area contributed by atoms with E-state index in [2.05, 4.69) is 15.3 Å². The molecule has 2 aromatic rings. The fourth-order valence-electron chi connectivity index (χ4n) is 1.88. The molecule has 0 bridgehead atoms. The van der Waals surface area contributed by atoms with Crippen LogP contribution in [0, 0.1) is 0 Å². The third-order valence-electron chi connectivity index (χ3n) is 2.75. The van der Waals surface area contributed by atoms with Crippen molar-refractivity contribution in [1.29, 1.82) is 0 Å². The molecule has 2 atom stereocenters. The topological polar surface area (TPSA) is 87.0 Å². The van der Waals surface area contributed by atoms with Crippen LogP contribution in [0.25, 0.3) is 11.0 Å². The van der Waals surface area contributed by atoms with Gasteiger partial charge in [0.15, 0.2) is 0 Å². The molecule has 1 heterocycles. The van der Waals surface area contributed by atoms with Gasteiger partial charge in [0.25, 0.3) is 0 Å². The lowest BCUT2D eigenvalue weighted by molar-refractivity contribution is 0.240. The largest absolute Gasteiger partial charge is 0.395 e. The second-order valence-electron chi connectivity index (χ2n) is 3.79. The standard InChI is InChI=1S/C11H16N4O/c1-13-11(8(12)5-16)7-2-3-9-10(4-7)15-6-14-9/h2-4,6,8,11,13,16H,5,12H2,1H3,(H,14,15). The Balaban J connectivity index is 2.36. The molecule has 0 radical (unpaired) electrons. The van der Waals surface area contributed by atoms with Gasteiger partial charge in [0.1, 0.15) is 0 Å². The lowest BCUT2D eigenvalue weighted by Gasteiger charge is -2.22. The molecule has 0 aliphatic heterocycles. The van der Waals surface area contributed by atoms with Gasteiger partial charge in [0.2, 0.25) is 0 Å². The number of nitrogens with one attached hydrogen (secondary N) is 2. The fraction of sp³-hybridized carbons (Fsp3) is 0.364. The maximum absolute atomic E-state index is 9.09. The van der Waals surface area contributed by atoms with E-state index in [1.807, 2.05) is 25.2 Å². The van der Waals surface area contributed by atoms with Crippen LogP contribution in [-0.2, 0) is 0 Å². The number of fused-ring (bicyclic) bond motifs is 1. The van der Waals surface area contributed by atoms with E-state index < -0.39 is 0 Å². The number of nitrogens with two attached hydrogens (primary N) is 1. The van der Waals surface area contributed by atoms with Crippen molar-refractivity contribution >= 4 is 11.0 Å². The Morgan fingerprint density at radius 1 is 1.56 bits per heavy atom. The zero-order valence-electron chi connectivity index (χ0n) is 9.14. The maximum atomic E-state index is 9.09. The summed E-state index contributed by atoms with van der Waals surface area (Å²) < 4.78 is 0. The monoisotopic (exact) mass is 220 g/mol. The van der Waals surface area contributed by atoms with Crippen LogP contribution in [0.15, 0.2) is 24.5 Å². The average molecular weight is 220 g/mol. The first-order valence-corrected chi connectivity index (χ1v) is 5.23. The Morgan fingerprint density at radius 3 is 3.06 bits per heavy atom. The van der Waals surface area contributed by atoms with Crippen molar-refractivity contribution in [2.24, 2.45) is 5.73 Å². The van der Waals surface area contributed by atoms with E-state index in [0.29, 0.717) is 0 Å². The Morgan fingerprint density at radius 2 is 2.38 bits per heavy atom. The molecule has 2 rings (SSSR count). The first-order valence-electron chi connectivity index (χ1n) is 5.23. The summed E-state index contributed by atoms with van der Waals surface area (Å²) in [5, 5.41) is 12.2. The van der Waals surface area contributed by atoms with E-state index in [1.54, 1.807) is 6.33 Å². The highest BCUT2D eigenvalue weighted by Crippen LogP contribution is 2.19. The Hall–Kier alpha value is -1.43. The molecule has 5 nitrogen and oxygen atoms in total. The molecule has 0 aliphatic carbocycles. The minimum Gasteiger partial charge on any atom is -0.395 e. The Bertz CT molecular complexity index is 468. The minimum absolute atomic E-state index is 0.0491. The van der Waals surface area contributed by atoms with Gasteiger partial charge in [-0.15, -0.1) is 0 Å². The number of nitrogens with zero attached hydrogens (tertiary/aromatic N) is 1. The predicted molar refractivity (Wildman–Crippen MR) is 63.0 cm³/mol. The predicted octanol–water partition coefficient (Wildman–Crippen LogP) is 0.143. The van der Waals surface area contributed by atoms with Crippen LogP contribution in [0.3, 0.4) is 0 Å². The minimum atomic E-state index is -0.314. The van der Waals surface area contributed by atoms with Crippen LogP contribution in [0.5, 0.6) is 0 Å². The highest BCUT2D eigenvalue weighted by Gasteiger charge is 2.17. The number of aromatic nitrogens is 2. The van der Waals surface area contributed by atoms with E-state index >= 15 is 0 Å². The molecule has 1 aromatic carbocycles. The molecule has 0 saturated heterocycles. The highest BCUT2D eigenvalue weighted by atomic mass is 16.3. The first-order chi connectivity index (χ1) is 7.76. The van der Waals surface area contributed by atoms with E-state index in [1.165, 1.54) is 0 Å². The van der Waals surface area contributed by atoms with Crippen LogP contribution >= 0.6 is 0 Å². The molecular formula is C11H16N4O. The quantitative estimate of drug-likeness (QED) is 0.590. The number of likely N-dealkylation sites (N-methyl/N-ethyl adjacent to an activating group) is 1. The zero-order valence-corrected chi connectivity index (χ0v) is 9.14. The summed E-state index contributed by atoms with van der Waals surface area (Å²) in [6, 6.07) is 5.54. The van der Waals surface area contributed by atoms with Crippen molar-refractivity contribution in [3.63, 3.8) is 0 Å². The molecule has 0 amide bonds. The molecule has 0 saturated carbocycles. The number of benzene rings is 1. The molecule has 86 valence electrons. The van der Waals surface area contributed by atoms with Gasteiger partial charge in [-0.3, -0.25) is 0 Å². The normalized spacial score (nSPS) is 15.2. The molecule has 1 aromatic heterocycles. The lowest BCUT2D eigenvalue weighted by atomic mass is 10.00. The summed E-state index contributed by atoms with van der Waals surface area (Å²) in [4.78, 5) is 7.21. The number of hydrogen-bond donors (Lipinski definition) is 4. The van der Waals surface area contributed by atoms with Gasteiger partial charge < -0.3 is 21.1 Å². The van der Waals surface area contributed by atoms with Crippen LogP contribution in [0.4, 0.5) is 0 Å². The van der Waals surface area contributed by atoms with Crippen molar-refractivity contribution in [1.82, 2.24) is 15.3 Å². The number of imidazole rings is 1. The van der Waals surface area contributed by atoms with Crippen LogP contribution in [0.2, 0.25) is 0 Å². The number of H-pyrrole nitrogens is 1. The van der Waals surface area contributed by atoms with Gasteiger partial charge in [-0.1, -0.05) is 6.07 Å². The van der Waals surface area contributed by atoms with E-state index in [9.17, 15) is 0 Å². The van der Waals surface area contributed by atoms with E-state index in [-0.39, 0.29) is 18.7 Å². The smallest absolute Gasteiger partial charge is 0.0931 e. The van der Waals surface area contributed by atoms with E-state index in [4.69, 9.17) is 10.8 Å². The molecule has 0 spiro atoms. The van der Waals surface area contributed by atoms with Gasteiger partial charge in [-0.05, 0) is 24.7 Å². The highest BCUT2D eigenvalue weighted by molar-refractivity contribution is 5.75. The molecule has 5 N–H and O–H groups in total. The average Bonchev–Trinajstić information content (AvgIpc) is 2.77. The summed E-state index contributed by atoms with van der Waals surface area (Å²) in [6.07, 6.45) is 1.66. The fourth-order valence-corrected chi connectivity index (χ4v) is 1.88. The molecule has 0 fully saturated rings. The first kappa shape index (κ1) is 11.1. The van der Waals surface area contributed by atoms with Gasteiger partial charge in [-0.2, -0.15) is 0 Å². The summed E-state index contributed by atoms with van der Waals surface area (Å²) in [5.74, 6) is 0. The Kier molecular flexibility index (Phi) is 3.19. The molecule has 16 heavy (non-hydrogen) atoms. The van der Waals surface area contributed by atoms with Gasteiger partial charge >= 0.3 is 0 Å². The zero-order chi connectivity index (χ0) is 11.5. The number of aliphatic hydroxyl groups is 1. The Labute approximate surface area is 93.7 Å². The summed E-state index contributed by atoms with van der Waals surface area (Å²) in [5.41, 5.74) is 8.79. The van der Waals surface area contributed by atoms with Crippen molar-refractivity contribution in [3.05, 3.63) is 30.1 Å². The van der Waals surface area contributed by atoms with Crippen molar-refractivity contribution in [3.8, 4) is 0 Å². The molecule has 0 aliphatic rings. The molecular weight excluding hydrogens is 204 g/mol. The lowest BCUT2D eigenvalue weighted by Crippen LogP contribution is -2.38. The maximum Gasteiger partial charge on any atom is 0.0931 e. The van der Waals surface area contributed by atoms with Gasteiger partial charge in [0, 0.05) is 12.1 Å². The third-order valence-corrected chi connectivity index (χ3v) is 2.75. The summed E-state index contributed by atoms with van der Waals surface area (Å²) >= 11 is 0. The number of aromatic amines is 1. The number of rotatable bonds is 4. The second-order valence-corrected chi connectivity index (χ2v) is 3.79. The second kappa shape index (κ2) is 4.61. The van der Waals surface area contributed by atoms with Crippen molar-refractivity contribution < 1.29 is 5.11 Å². The van der Waals surface area contributed by atoms with Crippen molar-refractivity contribution in [2.75, 3.05) is 13.7 Å². The summed E-state index contributed by atoms with van der Waals surface area (Å²) in [6.45, 7) is -0.0491.